The number of nitrogens with zero attached hydrogens (tertiary/aromatic N) is 1. The predicted molar refractivity (Wildman–Crippen MR) is 74.5 cm³/mol. The molecule has 1 aliphatic heterocycles. The number of carbonyl (C=O) groups excluding carboxylic acids is 2. The van der Waals surface area contributed by atoms with Crippen molar-refractivity contribution in [3.8, 4) is 0 Å². The van der Waals surface area contributed by atoms with E-state index in [2.05, 4.69) is 19.2 Å². The molecule has 0 aromatic carbocycles. The minimum atomic E-state index is -0.319. The smallest absolute Gasteiger partial charge is 0.246 e. The van der Waals surface area contributed by atoms with Crippen LogP contribution in [-0.4, -0.2) is 35.3 Å². The Kier molecular flexibility index (Phi) is 4.48. The summed E-state index contributed by atoms with van der Waals surface area (Å²) in [6, 6.07) is -0.0563. The summed E-state index contributed by atoms with van der Waals surface area (Å²) in [4.78, 5) is 26.4. The lowest BCUT2D eigenvalue weighted by molar-refractivity contribution is -0.150. The lowest BCUT2D eigenvalue weighted by atomic mass is 9.83. The maximum Gasteiger partial charge on any atom is 0.246 e. The molecule has 4 heteroatoms. The number of nitrogens with one attached hydrogen (secondary N) is 1. The monoisotopic (exact) mass is 266 g/mol. The fourth-order valence-corrected chi connectivity index (χ4v) is 3.35. The number of rotatable bonds is 3. The molecule has 4 atom stereocenters. The number of piperazine rings is 1. The molecule has 2 aliphatic rings. The van der Waals surface area contributed by atoms with Gasteiger partial charge in [-0.1, -0.05) is 40.0 Å². The van der Waals surface area contributed by atoms with Crippen LogP contribution in [0.5, 0.6) is 0 Å². The molecule has 1 saturated heterocycles. The molecule has 0 radical (unpaired) electrons. The molecule has 0 aromatic heterocycles. The molecule has 2 amide bonds. The van der Waals surface area contributed by atoms with Crippen LogP contribution >= 0.6 is 0 Å². The lowest BCUT2D eigenvalue weighted by Gasteiger charge is -2.43. The van der Waals surface area contributed by atoms with Crippen LogP contribution in [0.25, 0.3) is 0 Å². The second-order valence-corrected chi connectivity index (χ2v) is 6.23. The zero-order chi connectivity index (χ0) is 14.0. The molecule has 0 aromatic rings. The van der Waals surface area contributed by atoms with E-state index in [0.717, 1.165) is 12.8 Å². The third-order valence-electron chi connectivity index (χ3n) is 4.86. The third kappa shape index (κ3) is 2.93. The third-order valence-corrected chi connectivity index (χ3v) is 4.86. The second-order valence-electron chi connectivity index (χ2n) is 6.23. The Hall–Kier alpha value is -1.06. The molecule has 2 rings (SSSR count). The maximum atomic E-state index is 12.6. The number of amides is 2. The number of hydrogen-bond acceptors (Lipinski definition) is 2. The van der Waals surface area contributed by atoms with Crippen molar-refractivity contribution in [1.29, 1.82) is 0 Å². The highest BCUT2D eigenvalue weighted by Gasteiger charge is 2.40. The Balaban J connectivity index is 2.14. The largest absolute Gasteiger partial charge is 0.342 e. The average molecular weight is 266 g/mol. The highest BCUT2D eigenvalue weighted by molar-refractivity contribution is 5.95. The van der Waals surface area contributed by atoms with Gasteiger partial charge in [-0.05, 0) is 24.7 Å². The van der Waals surface area contributed by atoms with Gasteiger partial charge >= 0.3 is 0 Å². The summed E-state index contributed by atoms with van der Waals surface area (Å²) in [7, 11) is 0. The molecule has 0 bridgehead atoms. The summed E-state index contributed by atoms with van der Waals surface area (Å²) < 4.78 is 0. The molecular weight excluding hydrogens is 240 g/mol. The molecule has 4 nitrogen and oxygen atoms in total. The average Bonchev–Trinajstić information content (AvgIpc) is 2.41. The van der Waals surface area contributed by atoms with Gasteiger partial charge in [-0.25, -0.2) is 0 Å². The Labute approximate surface area is 115 Å². The molecule has 1 saturated carbocycles. The maximum absolute atomic E-state index is 12.6. The minimum Gasteiger partial charge on any atom is -0.342 e. The first-order valence-corrected chi connectivity index (χ1v) is 7.64. The van der Waals surface area contributed by atoms with Gasteiger partial charge in [0.2, 0.25) is 11.8 Å². The highest BCUT2D eigenvalue weighted by atomic mass is 16.2. The van der Waals surface area contributed by atoms with Gasteiger partial charge in [0, 0.05) is 6.04 Å². The van der Waals surface area contributed by atoms with Gasteiger partial charge in [-0.3, -0.25) is 9.59 Å². The normalized spacial score (nSPS) is 34.1. The summed E-state index contributed by atoms with van der Waals surface area (Å²) in [5.74, 6) is 0.856. The van der Waals surface area contributed by atoms with Gasteiger partial charge in [0.25, 0.3) is 0 Å². The van der Waals surface area contributed by atoms with Crippen molar-refractivity contribution >= 4 is 11.8 Å². The zero-order valence-electron chi connectivity index (χ0n) is 12.3. The van der Waals surface area contributed by atoms with Crippen LogP contribution in [0.2, 0.25) is 0 Å². The van der Waals surface area contributed by atoms with Gasteiger partial charge in [-0.15, -0.1) is 0 Å². The standard InChI is InChI=1S/C15H26N2O2/c1-4-10(2)14-15(19)17(9-13(18)16-14)12-8-6-5-7-11(12)3/h10-12,14H,4-9H2,1-3H3,(H,16,18). The summed E-state index contributed by atoms with van der Waals surface area (Å²) >= 11 is 0. The van der Waals surface area contributed by atoms with Gasteiger partial charge in [0.1, 0.15) is 6.04 Å². The molecule has 1 heterocycles. The SMILES string of the molecule is CCC(C)C1NC(=O)CN(C2CCCCC2C)C1=O. The number of carbonyl (C=O) groups is 2. The van der Waals surface area contributed by atoms with Crippen LogP contribution in [0.1, 0.15) is 52.9 Å². The summed E-state index contributed by atoms with van der Waals surface area (Å²) in [6.07, 6.45) is 5.55. The van der Waals surface area contributed by atoms with Crippen LogP contribution in [-0.2, 0) is 9.59 Å². The van der Waals surface area contributed by atoms with Crippen LogP contribution in [0.3, 0.4) is 0 Å². The minimum absolute atomic E-state index is 0.00248. The van der Waals surface area contributed by atoms with Crippen molar-refractivity contribution in [1.82, 2.24) is 10.2 Å². The van der Waals surface area contributed by atoms with Crippen molar-refractivity contribution in [2.45, 2.75) is 65.0 Å². The number of hydrogen-bond donors (Lipinski definition) is 1. The van der Waals surface area contributed by atoms with Crippen LogP contribution in [0.15, 0.2) is 0 Å². The Morgan fingerprint density at radius 1 is 1.32 bits per heavy atom. The van der Waals surface area contributed by atoms with Gasteiger partial charge in [0.05, 0.1) is 6.54 Å². The Morgan fingerprint density at radius 3 is 2.63 bits per heavy atom. The van der Waals surface area contributed by atoms with Gasteiger partial charge in [0.15, 0.2) is 0 Å². The fraction of sp³-hybridized carbons (Fsp3) is 0.867. The van der Waals surface area contributed by atoms with Crippen molar-refractivity contribution in [3.05, 3.63) is 0 Å². The first-order valence-electron chi connectivity index (χ1n) is 7.64. The van der Waals surface area contributed by atoms with E-state index in [1.54, 1.807) is 0 Å². The van der Waals surface area contributed by atoms with E-state index < -0.39 is 0 Å². The summed E-state index contributed by atoms with van der Waals surface area (Å²) in [6.45, 7) is 6.56. The van der Waals surface area contributed by atoms with Crippen LogP contribution in [0, 0.1) is 11.8 Å². The van der Waals surface area contributed by atoms with Crippen LogP contribution < -0.4 is 5.32 Å². The van der Waals surface area contributed by atoms with Gasteiger partial charge in [-0.2, -0.15) is 0 Å². The highest BCUT2D eigenvalue weighted by Crippen LogP contribution is 2.30. The van der Waals surface area contributed by atoms with Crippen molar-refractivity contribution in [2.75, 3.05) is 6.54 Å². The summed E-state index contributed by atoms with van der Waals surface area (Å²) in [5, 5.41) is 2.87. The molecule has 4 unspecified atom stereocenters. The van der Waals surface area contributed by atoms with E-state index in [1.165, 1.54) is 19.3 Å². The van der Waals surface area contributed by atoms with Crippen molar-refractivity contribution in [2.24, 2.45) is 11.8 Å². The molecule has 1 aliphatic carbocycles. The molecule has 19 heavy (non-hydrogen) atoms. The fourth-order valence-electron chi connectivity index (χ4n) is 3.35. The van der Waals surface area contributed by atoms with E-state index >= 15 is 0 Å². The zero-order valence-corrected chi connectivity index (χ0v) is 12.3. The van der Waals surface area contributed by atoms with Crippen molar-refractivity contribution < 1.29 is 9.59 Å². The topological polar surface area (TPSA) is 49.4 Å². The second kappa shape index (κ2) is 5.93. The predicted octanol–water partition coefficient (Wildman–Crippen LogP) is 1.94. The van der Waals surface area contributed by atoms with E-state index in [-0.39, 0.29) is 36.4 Å². The van der Waals surface area contributed by atoms with E-state index in [1.807, 2.05) is 11.8 Å². The lowest BCUT2D eigenvalue weighted by Crippen LogP contribution is -2.63. The molecular formula is C15H26N2O2. The van der Waals surface area contributed by atoms with E-state index in [4.69, 9.17) is 0 Å². The van der Waals surface area contributed by atoms with Crippen molar-refractivity contribution in [3.63, 3.8) is 0 Å². The van der Waals surface area contributed by atoms with E-state index in [0.29, 0.717) is 5.92 Å². The van der Waals surface area contributed by atoms with E-state index in [9.17, 15) is 9.59 Å². The molecule has 1 N–H and O–H groups in total. The quantitative estimate of drug-likeness (QED) is 0.848. The van der Waals surface area contributed by atoms with Gasteiger partial charge < -0.3 is 10.2 Å². The Morgan fingerprint density at radius 2 is 2.00 bits per heavy atom. The molecule has 0 spiro atoms. The first kappa shape index (κ1) is 14.4. The first-order chi connectivity index (χ1) is 9.04. The summed E-state index contributed by atoms with van der Waals surface area (Å²) in [5.41, 5.74) is 0. The van der Waals surface area contributed by atoms with Crippen LogP contribution in [0.4, 0.5) is 0 Å². The molecule has 2 fully saturated rings. The molecule has 108 valence electrons. The Bertz CT molecular complexity index is 356.